The molecule has 1 unspecified atom stereocenters. The van der Waals surface area contributed by atoms with Gasteiger partial charge in [-0.25, -0.2) is 0 Å². The molecule has 1 aliphatic heterocycles. The van der Waals surface area contributed by atoms with Gasteiger partial charge in [-0.15, -0.1) is 11.3 Å². The normalized spacial score (nSPS) is 23.1. The Bertz CT molecular complexity index is 472. The molecule has 112 valence electrons. The number of halogens is 1. The Morgan fingerprint density at radius 3 is 2.95 bits per heavy atom. The Morgan fingerprint density at radius 1 is 1.60 bits per heavy atom. The van der Waals surface area contributed by atoms with Gasteiger partial charge in [0.2, 0.25) is 0 Å². The van der Waals surface area contributed by atoms with Crippen LogP contribution in [0.2, 0.25) is 4.34 Å². The lowest BCUT2D eigenvalue weighted by molar-refractivity contribution is 0.0718. The van der Waals surface area contributed by atoms with E-state index in [2.05, 4.69) is 10.3 Å². The molecule has 0 spiro atoms. The molecule has 0 amide bonds. The SMILES string of the molecule is CN=C(NCC1(O)CCSC1)N(C)Cc1ccc(Cl)s1. The van der Waals surface area contributed by atoms with Crippen LogP contribution in [-0.4, -0.2) is 53.7 Å². The number of rotatable bonds is 4. The van der Waals surface area contributed by atoms with Crippen molar-refractivity contribution in [1.29, 1.82) is 0 Å². The van der Waals surface area contributed by atoms with E-state index in [4.69, 9.17) is 11.6 Å². The van der Waals surface area contributed by atoms with Crippen molar-refractivity contribution in [3.63, 3.8) is 0 Å². The van der Waals surface area contributed by atoms with E-state index < -0.39 is 5.60 Å². The summed E-state index contributed by atoms with van der Waals surface area (Å²) in [5.41, 5.74) is -0.603. The van der Waals surface area contributed by atoms with Gasteiger partial charge in [0.15, 0.2) is 5.96 Å². The number of guanidine groups is 1. The maximum Gasteiger partial charge on any atom is 0.193 e. The molecule has 2 heterocycles. The molecule has 2 rings (SSSR count). The second-order valence-corrected chi connectivity index (χ2v) is 7.89. The standard InChI is InChI=1S/C13H20ClN3OS2/c1-15-12(16-8-13(18)5-6-19-9-13)17(2)7-10-3-4-11(14)20-10/h3-4,18H,5-9H2,1-2H3,(H,15,16). The van der Waals surface area contributed by atoms with Crippen LogP contribution in [-0.2, 0) is 6.54 Å². The van der Waals surface area contributed by atoms with Crippen molar-refractivity contribution < 1.29 is 5.11 Å². The van der Waals surface area contributed by atoms with Crippen molar-refractivity contribution in [2.75, 3.05) is 32.1 Å². The van der Waals surface area contributed by atoms with E-state index in [1.807, 2.05) is 24.1 Å². The molecule has 1 saturated heterocycles. The van der Waals surface area contributed by atoms with Crippen molar-refractivity contribution in [2.24, 2.45) is 4.99 Å². The molecular weight excluding hydrogens is 314 g/mol. The molecule has 0 aromatic carbocycles. The number of nitrogens with one attached hydrogen (secondary N) is 1. The van der Waals surface area contributed by atoms with Gasteiger partial charge in [-0.2, -0.15) is 11.8 Å². The minimum atomic E-state index is -0.603. The number of hydrogen-bond donors (Lipinski definition) is 2. The lowest BCUT2D eigenvalue weighted by atomic mass is 10.0. The van der Waals surface area contributed by atoms with E-state index >= 15 is 0 Å². The summed E-state index contributed by atoms with van der Waals surface area (Å²) in [5, 5.41) is 13.6. The van der Waals surface area contributed by atoms with Gasteiger partial charge in [0.25, 0.3) is 0 Å². The molecule has 1 atom stereocenters. The van der Waals surface area contributed by atoms with Gasteiger partial charge in [-0.1, -0.05) is 11.6 Å². The summed E-state index contributed by atoms with van der Waals surface area (Å²) in [6.07, 6.45) is 0.839. The van der Waals surface area contributed by atoms with E-state index in [1.54, 1.807) is 30.1 Å². The van der Waals surface area contributed by atoms with E-state index in [0.717, 1.165) is 34.8 Å². The topological polar surface area (TPSA) is 47.9 Å². The molecule has 1 aliphatic rings. The number of thiophene rings is 1. The van der Waals surface area contributed by atoms with Crippen molar-refractivity contribution in [1.82, 2.24) is 10.2 Å². The lowest BCUT2D eigenvalue weighted by Crippen LogP contribution is -2.47. The quantitative estimate of drug-likeness (QED) is 0.655. The van der Waals surface area contributed by atoms with Crippen molar-refractivity contribution in [2.45, 2.75) is 18.6 Å². The van der Waals surface area contributed by atoms with Gasteiger partial charge >= 0.3 is 0 Å². The van der Waals surface area contributed by atoms with Crippen LogP contribution >= 0.6 is 34.7 Å². The first kappa shape index (κ1) is 15.9. The molecule has 0 saturated carbocycles. The van der Waals surface area contributed by atoms with E-state index in [0.29, 0.717) is 6.54 Å². The van der Waals surface area contributed by atoms with Crippen LogP contribution in [0.3, 0.4) is 0 Å². The average molecular weight is 334 g/mol. The van der Waals surface area contributed by atoms with Gasteiger partial charge in [0.05, 0.1) is 16.5 Å². The molecule has 7 heteroatoms. The van der Waals surface area contributed by atoms with Crippen molar-refractivity contribution in [3.05, 3.63) is 21.3 Å². The second-order valence-electron chi connectivity index (χ2n) is 4.99. The first-order valence-electron chi connectivity index (χ1n) is 6.48. The van der Waals surface area contributed by atoms with Crippen LogP contribution in [0, 0.1) is 0 Å². The first-order valence-corrected chi connectivity index (χ1v) is 8.83. The molecule has 4 nitrogen and oxygen atoms in total. The Kier molecular flexibility index (Phi) is 5.60. The third-order valence-corrected chi connectivity index (χ3v) is 5.70. The average Bonchev–Trinajstić information content (AvgIpc) is 3.00. The maximum atomic E-state index is 10.3. The summed E-state index contributed by atoms with van der Waals surface area (Å²) < 4.78 is 0.800. The zero-order valence-corrected chi connectivity index (χ0v) is 14.1. The zero-order valence-electron chi connectivity index (χ0n) is 11.7. The molecule has 1 aromatic heterocycles. The highest BCUT2D eigenvalue weighted by atomic mass is 35.5. The van der Waals surface area contributed by atoms with Gasteiger partial charge in [0, 0.05) is 31.3 Å². The number of hydrogen-bond acceptors (Lipinski definition) is 4. The van der Waals surface area contributed by atoms with Crippen LogP contribution in [0.4, 0.5) is 0 Å². The van der Waals surface area contributed by atoms with Gasteiger partial charge < -0.3 is 15.3 Å². The third kappa shape index (κ3) is 4.28. The summed E-state index contributed by atoms with van der Waals surface area (Å²) in [7, 11) is 3.74. The van der Waals surface area contributed by atoms with E-state index in [1.165, 1.54) is 4.88 Å². The summed E-state index contributed by atoms with van der Waals surface area (Å²) >= 11 is 9.31. The molecule has 0 radical (unpaired) electrons. The second kappa shape index (κ2) is 7.02. The van der Waals surface area contributed by atoms with Gasteiger partial charge in [-0.05, 0) is 24.3 Å². The lowest BCUT2D eigenvalue weighted by Gasteiger charge is -2.26. The Balaban J connectivity index is 1.87. The number of thioether (sulfide) groups is 1. The molecule has 1 aromatic rings. The maximum absolute atomic E-state index is 10.3. The van der Waals surface area contributed by atoms with Crippen LogP contribution in [0.5, 0.6) is 0 Å². The molecule has 1 fully saturated rings. The molecule has 0 aliphatic carbocycles. The Labute approximate surface area is 133 Å². The van der Waals surface area contributed by atoms with Crippen LogP contribution < -0.4 is 5.32 Å². The fourth-order valence-corrected chi connectivity index (χ4v) is 4.55. The van der Waals surface area contributed by atoms with E-state index in [-0.39, 0.29) is 0 Å². The summed E-state index contributed by atoms with van der Waals surface area (Å²) in [6, 6.07) is 3.93. The zero-order chi connectivity index (χ0) is 14.6. The minimum Gasteiger partial charge on any atom is -0.387 e. The molecule has 20 heavy (non-hydrogen) atoms. The fraction of sp³-hybridized carbons (Fsp3) is 0.615. The van der Waals surface area contributed by atoms with Crippen molar-refractivity contribution in [3.8, 4) is 0 Å². The van der Waals surface area contributed by atoms with Crippen LogP contribution in [0.1, 0.15) is 11.3 Å². The highest BCUT2D eigenvalue weighted by Gasteiger charge is 2.31. The van der Waals surface area contributed by atoms with Crippen LogP contribution in [0.15, 0.2) is 17.1 Å². The predicted molar refractivity (Wildman–Crippen MR) is 89.0 cm³/mol. The van der Waals surface area contributed by atoms with Gasteiger partial charge in [0.1, 0.15) is 0 Å². The smallest absolute Gasteiger partial charge is 0.193 e. The van der Waals surface area contributed by atoms with E-state index in [9.17, 15) is 5.11 Å². The summed E-state index contributed by atoms with van der Waals surface area (Å²) in [4.78, 5) is 7.49. The Morgan fingerprint density at radius 2 is 2.40 bits per heavy atom. The third-order valence-electron chi connectivity index (χ3n) is 3.25. The fourth-order valence-electron chi connectivity index (χ4n) is 2.11. The van der Waals surface area contributed by atoms with Crippen LogP contribution in [0.25, 0.3) is 0 Å². The summed E-state index contributed by atoms with van der Waals surface area (Å²) in [5.74, 6) is 2.61. The number of aliphatic imine (C=N–C) groups is 1. The number of nitrogens with zero attached hydrogens (tertiary/aromatic N) is 2. The highest BCUT2D eigenvalue weighted by Crippen LogP contribution is 2.27. The molecular formula is C13H20ClN3OS2. The summed E-state index contributed by atoms with van der Waals surface area (Å²) in [6.45, 7) is 1.30. The first-order chi connectivity index (χ1) is 9.52. The predicted octanol–water partition coefficient (Wildman–Crippen LogP) is 2.28. The van der Waals surface area contributed by atoms with Gasteiger partial charge in [-0.3, -0.25) is 4.99 Å². The minimum absolute atomic E-state index is 0.544. The number of aliphatic hydroxyl groups is 1. The molecule has 2 N–H and O–H groups in total. The Hall–Kier alpha value is -0.430. The highest BCUT2D eigenvalue weighted by molar-refractivity contribution is 7.99. The monoisotopic (exact) mass is 333 g/mol. The molecule has 0 bridgehead atoms. The van der Waals surface area contributed by atoms with Crippen molar-refractivity contribution >= 4 is 40.7 Å². The largest absolute Gasteiger partial charge is 0.387 e.